The van der Waals surface area contributed by atoms with Crippen molar-refractivity contribution in [1.29, 1.82) is 0 Å². The summed E-state index contributed by atoms with van der Waals surface area (Å²) >= 11 is 0. The van der Waals surface area contributed by atoms with Gasteiger partial charge >= 0.3 is 0 Å². The van der Waals surface area contributed by atoms with Gasteiger partial charge in [0.05, 0.1) is 17.4 Å². The summed E-state index contributed by atoms with van der Waals surface area (Å²) in [6.45, 7) is 1.44. The van der Waals surface area contributed by atoms with Crippen molar-refractivity contribution >= 4 is 11.0 Å². The van der Waals surface area contributed by atoms with E-state index >= 15 is 0 Å². The molecule has 0 amide bonds. The second-order valence-corrected chi connectivity index (χ2v) is 3.45. The number of hydrogen-bond donors (Lipinski definition) is 2. The molecule has 4 heteroatoms. The maximum atomic E-state index is 5.52. The first-order valence-electron chi connectivity index (χ1n) is 4.60. The molecule has 0 unspecified atom stereocenters. The molecule has 1 heterocycles. The van der Waals surface area contributed by atoms with Gasteiger partial charge in [-0.2, -0.15) is 0 Å². The molecule has 0 aliphatic carbocycles. The zero-order valence-corrected chi connectivity index (χ0v) is 8.20. The third kappa shape index (κ3) is 1.76. The number of aromatic nitrogens is 2. The molecule has 0 bridgehead atoms. The van der Waals surface area contributed by atoms with Crippen LogP contribution < -0.4 is 5.73 Å². The summed E-state index contributed by atoms with van der Waals surface area (Å²) in [5, 5.41) is 0. The van der Waals surface area contributed by atoms with Crippen molar-refractivity contribution in [2.24, 2.45) is 5.73 Å². The van der Waals surface area contributed by atoms with Crippen molar-refractivity contribution in [3.63, 3.8) is 0 Å². The Hall–Kier alpha value is -1.39. The molecule has 2 rings (SSSR count). The van der Waals surface area contributed by atoms with Crippen LogP contribution in [-0.2, 0) is 6.54 Å². The standard InChI is InChI=1S/C10H14N4/c1-14(6-11)5-8-2-3-9-10(4-8)13-7-12-9/h2-4,7H,5-6,11H2,1H3,(H,12,13). The molecule has 2 aromatic rings. The Morgan fingerprint density at radius 1 is 1.50 bits per heavy atom. The van der Waals surface area contributed by atoms with Gasteiger partial charge in [0.25, 0.3) is 0 Å². The van der Waals surface area contributed by atoms with E-state index in [1.54, 1.807) is 6.33 Å². The molecule has 1 aromatic carbocycles. The Labute approximate surface area is 82.7 Å². The number of imidazole rings is 1. The molecule has 1 aromatic heterocycles. The van der Waals surface area contributed by atoms with E-state index in [9.17, 15) is 0 Å². The van der Waals surface area contributed by atoms with Crippen molar-refractivity contribution in [2.75, 3.05) is 13.7 Å². The number of rotatable bonds is 3. The first-order valence-corrected chi connectivity index (χ1v) is 4.60. The molecule has 0 saturated heterocycles. The molecule has 0 spiro atoms. The smallest absolute Gasteiger partial charge is 0.0931 e. The Bertz CT molecular complexity index is 421. The normalized spacial score (nSPS) is 11.4. The zero-order chi connectivity index (χ0) is 9.97. The number of hydrogen-bond acceptors (Lipinski definition) is 3. The molecular formula is C10H14N4. The van der Waals surface area contributed by atoms with Gasteiger partial charge in [0.15, 0.2) is 0 Å². The fraction of sp³-hybridized carbons (Fsp3) is 0.300. The molecule has 0 fully saturated rings. The highest BCUT2D eigenvalue weighted by atomic mass is 15.1. The first kappa shape index (κ1) is 9.18. The predicted molar refractivity (Wildman–Crippen MR) is 56.6 cm³/mol. The number of nitrogens with two attached hydrogens (primary N) is 1. The predicted octanol–water partition coefficient (Wildman–Crippen LogP) is 0.911. The molecule has 4 nitrogen and oxygen atoms in total. The van der Waals surface area contributed by atoms with Crippen LogP contribution in [0.5, 0.6) is 0 Å². The van der Waals surface area contributed by atoms with Gasteiger partial charge in [-0.15, -0.1) is 0 Å². The summed E-state index contributed by atoms with van der Waals surface area (Å²) in [6, 6.07) is 6.20. The van der Waals surface area contributed by atoms with Gasteiger partial charge < -0.3 is 10.7 Å². The Kier molecular flexibility index (Phi) is 2.47. The van der Waals surface area contributed by atoms with Gasteiger partial charge in [0.1, 0.15) is 0 Å². The third-order valence-corrected chi connectivity index (χ3v) is 2.25. The van der Waals surface area contributed by atoms with Crippen LogP contribution in [0.1, 0.15) is 5.56 Å². The van der Waals surface area contributed by atoms with Crippen LogP contribution in [-0.4, -0.2) is 28.6 Å². The number of fused-ring (bicyclic) bond motifs is 1. The van der Waals surface area contributed by atoms with Crippen LogP contribution in [0.25, 0.3) is 11.0 Å². The summed E-state index contributed by atoms with van der Waals surface area (Å²) in [5.41, 5.74) is 8.84. The zero-order valence-electron chi connectivity index (χ0n) is 8.20. The number of nitrogens with zero attached hydrogens (tertiary/aromatic N) is 2. The minimum atomic E-state index is 0.570. The molecule has 0 atom stereocenters. The first-order chi connectivity index (χ1) is 6.79. The van der Waals surface area contributed by atoms with Crippen molar-refractivity contribution in [2.45, 2.75) is 6.54 Å². The van der Waals surface area contributed by atoms with E-state index < -0.39 is 0 Å². The molecule has 3 N–H and O–H groups in total. The fourth-order valence-corrected chi connectivity index (χ4v) is 1.46. The summed E-state index contributed by atoms with van der Waals surface area (Å²) < 4.78 is 0. The summed E-state index contributed by atoms with van der Waals surface area (Å²) in [5.74, 6) is 0. The van der Waals surface area contributed by atoms with Gasteiger partial charge in [-0.25, -0.2) is 4.98 Å². The van der Waals surface area contributed by atoms with Crippen LogP contribution in [0.4, 0.5) is 0 Å². The largest absolute Gasteiger partial charge is 0.345 e. The molecule has 0 radical (unpaired) electrons. The van der Waals surface area contributed by atoms with E-state index in [4.69, 9.17) is 5.73 Å². The minimum Gasteiger partial charge on any atom is -0.345 e. The maximum absolute atomic E-state index is 5.52. The Morgan fingerprint density at radius 3 is 3.14 bits per heavy atom. The summed E-state index contributed by atoms with van der Waals surface area (Å²) in [4.78, 5) is 9.31. The summed E-state index contributed by atoms with van der Waals surface area (Å²) in [7, 11) is 2.00. The second kappa shape index (κ2) is 3.77. The van der Waals surface area contributed by atoms with E-state index in [1.807, 2.05) is 13.1 Å². The van der Waals surface area contributed by atoms with Crippen LogP contribution in [0.2, 0.25) is 0 Å². The molecule has 14 heavy (non-hydrogen) atoms. The van der Waals surface area contributed by atoms with Crippen molar-refractivity contribution in [3.8, 4) is 0 Å². The Balaban J connectivity index is 2.25. The van der Waals surface area contributed by atoms with Gasteiger partial charge in [0, 0.05) is 13.2 Å². The average molecular weight is 190 g/mol. The topological polar surface area (TPSA) is 57.9 Å². The van der Waals surface area contributed by atoms with Crippen LogP contribution >= 0.6 is 0 Å². The lowest BCUT2D eigenvalue weighted by Gasteiger charge is -2.13. The van der Waals surface area contributed by atoms with Crippen molar-refractivity contribution in [1.82, 2.24) is 14.9 Å². The molecule has 0 saturated carbocycles. The maximum Gasteiger partial charge on any atom is 0.0931 e. The van der Waals surface area contributed by atoms with Gasteiger partial charge in [-0.3, -0.25) is 4.90 Å². The SMILES string of the molecule is CN(CN)Cc1ccc2nc[nH]c2c1. The highest BCUT2D eigenvalue weighted by Gasteiger charge is 2.00. The number of aromatic amines is 1. The van der Waals surface area contributed by atoms with Gasteiger partial charge in [0.2, 0.25) is 0 Å². The number of nitrogens with one attached hydrogen (secondary N) is 1. The lowest BCUT2D eigenvalue weighted by molar-refractivity contribution is 0.337. The molecular weight excluding hydrogens is 176 g/mol. The van der Waals surface area contributed by atoms with Gasteiger partial charge in [-0.1, -0.05) is 6.07 Å². The average Bonchev–Trinajstić information content (AvgIpc) is 2.64. The molecule has 74 valence electrons. The highest BCUT2D eigenvalue weighted by molar-refractivity contribution is 5.74. The fourth-order valence-electron chi connectivity index (χ4n) is 1.46. The monoisotopic (exact) mass is 190 g/mol. The van der Waals surface area contributed by atoms with E-state index in [0.29, 0.717) is 6.67 Å². The van der Waals surface area contributed by atoms with E-state index in [1.165, 1.54) is 5.56 Å². The third-order valence-electron chi connectivity index (χ3n) is 2.25. The van der Waals surface area contributed by atoms with E-state index in [2.05, 4.69) is 27.0 Å². The lowest BCUT2D eigenvalue weighted by atomic mass is 10.2. The lowest BCUT2D eigenvalue weighted by Crippen LogP contribution is -2.24. The van der Waals surface area contributed by atoms with E-state index in [-0.39, 0.29) is 0 Å². The quantitative estimate of drug-likeness (QED) is 0.707. The van der Waals surface area contributed by atoms with Gasteiger partial charge in [-0.05, 0) is 24.7 Å². The van der Waals surface area contributed by atoms with Crippen LogP contribution in [0, 0.1) is 0 Å². The highest BCUT2D eigenvalue weighted by Crippen LogP contribution is 2.12. The van der Waals surface area contributed by atoms with Crippen molar-refractivity contribution in [3.05, 3.63) is 30.1 Å². The molecule has 0 aliphatic heterocycles. The van der Waals surface area contributed by atoms with Crippen molar-refractivity contribution < 1.29 is 0 Å². The minimum absolute atomic E-state index is 0.570. The van der Waals surface area contributed by atoms with Crippen LogP contribution in [0.15, 0.2) is 24.5 Å². The number of H-pyrrole nitrogens is 1. The second-order valence-electron chi connectivity index (χ2n) is 3.45. The van der Waals surface area contributed by atoms with E-state index in [0.717, 1.165) is 17.6 Å². The van der Waals surface area contributed by atoms with Crippen LogP contribution in [0.3, 0.4) is 0 Å². The molecule has 0 aliphatic rings. The summed E-state index contributed by atoms with van der Waals surface area (Å²) in [6.07, 6.45) is 1.71. The Morgan fingerprint density at radius 2 is 2.36 bits per heavy atom. The number of benzene rings is 1.